The lowest BCUT2D eigenvalue weighted by Crippen LogP contribution is -2.29. The van der Waals surface area contributed by atoms with Gasteiger partial charge in [-0.1, -0.05) is 6.92 Å². The first kappa shape index (κ1) is 15.9. The number of sulfonamides is 1. The molecular weight excluding hydrogens is 299 g/mol. The van der Waals surface area contributed by atoms with Crippen molar-refractivity contribution in [1.82, 2.24) is 0 Å². The molecule has 0 radical (unpaired) electrons. The maximum absolute atomic E-state index is 13.7. The highest BCUT2D eigenvalue weighted by Gasteiger charge is 2.32. The molecule has 0 saturated carbocycles. The van der Waals surface area contributed by atoms with Crippen LogP contribution in [0.2, 0.25) is 0 Å². The number of carbonyl (C=O) groups is 1. The minimum absolute atomic E-state index is 0.140. The summed E-state index contributed by atoms with van der Waals surface area (Å²) in [5.74, 6) is -1.54. The molecule has 1 saturated heterocycles. The molecule has 1 amide bonds. The molecular formula is C13H17FN2O4S. The van der Waals surface area contributed by atoms with Crippen molar-refractivity contribution in [2.45, 2.75) is 30.8 Å². The molecule has 3 N–H and O–H groups in total. The van der Waals surface area contributed by atoms with Gasteiger partial charge in [0.15, 0.2) is 0 Å². The Morgan fingerprint density at radius 2 is 2.24 bits per heavy atom. The van der Waals surface area contributed by atoms with E-state index in [1.807, 2.05) is 6.92 Å². The molecule has 1 aromatic carbocycles. The molecule has 0 spiro atoms. The van der Waals surface area contributed by atoms with Gasteiger partial charge in [-0.3, -0.25) is 4.79 Å². The van der Waals surface area contributed by atoms with Crippen LogP contribution in [0.5, 0.6) is 0 Å². The lowest BCUT2D eigenvalue weighted by Gasteiger charge is -2.16. The average Bonchev–Trinajstić information content (AvgIpc) is 2.85. The highest BCUT2D eigenvalue weighted by Crippen LogP contribution is 2.25. The van der Waals surface area contributed by atoms with E-state index in [0.29, 0.717) is 13.0 Å². The molecule has 2 unspecified atom stereocenters. The molecule has 2 atom stereocenters. The van der Waals surface area contributed by atoms with E-state index in [1.54, 1.807) is 0 Å². The Kier molecular flexibility index (Phi) is 4.60. The van der Waals surface area contributed by atoms with Crippen LogP contribution in [0.3, 0.4) is 0 Å². The summed E-state index contributed by atoms with van der Waals surface area (Å²) in [5.41, 5.74) is 0.187. The van der Waals surface area contributed by atoms with Crippen LogP contribution in [0.15, 0.2) is 23.1 Å². The Morgan fingerprint density at radius 1 is 1.52 bits per heavy atom. The van der Waals surface area contributed by atoms with E-state index in [2.05, 4.69) is 5.32 Å². The monoisotopic (exact) mass is 316 g/mol. The normalized spacial score (nSPS) is 22.2. The van der Waals surface area contributed by atoms with Crippen molar-refractivity contribution in [3.8, 4) is 0 Å². The van der Waals surface area contributed by atoms with Gasteiger partial charge in [-0.15, -0.1) is 0 Å². The van der Waals surface area contributed by atoms with Crippen molar-refractivity contribution in [3.63, 3.8) is 0 Å². The van der Waals surface area contributed by atoms with Gasteiger partial charge in [0.2, 0.25) is 15.9 Å². The largest absolute Gasteiger partial charge is 0.377 e. The van der Waals surface area contributed by atoms with Gasteiger partial charge in [-0.25, -0.2) is 17.9 Å². The second kappa shape index (κ2) is 6.08. The van der Waals surface area contributed by atoms with Gasteiger partial charge in [-0.2, -0.15) is 0 Å². The van der Waals surface area contributed by atoms with Gasteiger partial charge in [0.05, 0.1) is 12.0 Å². The number of rotatable bonds is 4. The fourth-order valence-corrected chi connectivity index (χ4v) is 2.98. The zero-order valence-electron chi connectivity index (χ0n) is 11.5. The van der Waals surface area contributed by atoms with E-state index in [0.717, 1.165) is 18.6 Å². The second-order valence-electron chi connectivity index (χ2n) is 4.89. The predicted molar refractivity (Wildman–Crippen MR) is 74.5 cm³/mol. The van der Waals surface area contributed by atoms with Crippen LogP contribution in [0.25, 0.3) is 0 Å². The molecule has 0 aromatic heterocycles. The third-order valence-electron chi connectivity index (χ3n) is 3.45. The van der Waals surface area contributed by atoms with E-state index in [9.17, 15) is 17.6 Å². The number of primary sulfonamides is 1. The maximum Gasteiger partial charge on any atom is 0.240 e. The summed E-state index contributed by atoms with van der Waals surface area (Å²) in [5, 5.41) is 7.45. The Balaban J connectivity index is 2.13. The van der Waals surface area contributed by atoms with Gasteiger partial charge in [0, 0.05) is 12.3 Å². The van der Waals surface area contributed by atoms with Crippen LogP contribution in [0.1, 0.15) is 19.8 Å². The summed E-state index contributed by atoms with van der Waals surface area (Å²) < 4.78 is 41.3. The molecule has 1 fully saturated rings. The van der Waals surface area contributed by atoms with Crippen LogP contribution in [0.4, 0.5) is 10.1 Å². The summed E-state index contributed by atoms with van der Waals surface area (Å²) in [6.45, 7) is 2.45. The number of ether oxygens (including phenoxy) is 1. The Morgan fingerprint density at radius 3 is 2.81 bits per heavy atom. The molecule has 0 aliphatic carbocycles. The maximum atomic E-state index is 13.7. The molecule has 1 heterocycles. The minimum Gasteiger partial charge on any atom is -0.377 e. The summed E-state index contributed by atoms with van der Waals surface area (Å²) in [4.78, 5) is 11.5. The van der Waals surface area contributed by atoms with Crippen molar-refractivity contribution in [2.75, 3.05) is 11.9 Å². The van der Waals surface area contributed by atoms with Crippen LogP contribution >= 0.6 is 0 Å². The van der Waals surface area contributed by atoms with Crippen LogP contribution in [-0.2, 0) is 19.6 Å². The zero-order valence-corrected chi connectivity index (χ0v) is 12.3. The van der Waals surface area contributed by atoms with Crippen molar-refractivity contribution >= 4 is 21.6 Å². The van der Waals surface area contributed by atoms with Crippen molar-refractivity contribution < 1.29 is 22.3 Å². The molecule has 8 heteroatoms. The van der Waals surface area contributed by atoms with E-state index in [-0.39, 0.29) is 23.6 Å². The average molecular weight is 316 g/mol. The lowest BCUT2D eigenvalue weighted by molar-refractivity contribution is -0.121. The van der Waals surface area contributed by atoms with Crippen molar-refractivity contribution in [2.24, 2.45) is 11.1 Å². The summed E-state index contributed by atoms with van der Waals surface area (Å²) in [6, 6.07) is 3.27. The van der Waals surface area contributed by atoms with E-state index in [4.69, 9.17) is 9.88 Å². The number of hydrogen-bond acceptors (Lipinski definition) is 4. The number of nitrogens with two attached hydrogens (primary N) is 1. The Hall–Kier alpha value is -1.51. The first-order valence-electron chi connectivity index (χ1n) is 6.57. The first-order chi connectivity index (χ1) is 9.82. The molecule has 1 aliphatic heterocycles. The fourth-order valence-electron chi connectivity index (χ4n) is 2.40. The highest BCUT2D eigenvalue weighted by atomic mass is 32.2. The Labute approximate surface area is 122 Å². The fraction of sp³-hybridized carbons (Fsp3) is 0.462. The molecule has 2 rings (SSSR count). The number of hydrogen-bond donors (Lipinski definition) is 2. The van der Waals surface area contributed by atoms with E-state index < -0.39 is 20.7 Å². The van der Waals surface area contributed by atoms with Gasteiger partial charge in [-0.05, 0) is 31.0 Å². The third kappa shape index (κ3) is 3.58. The minimum atomic E-state index is -4.11. The second-order valence-corrected chi connectivity index (χ2v) is 6.42. The van der Waals surface area contributed by atoms with E-state index >= 15 is 0 Å². The number of benzene rings is 1. The SMILES string of the molecule is CCC1OCCC1C(=O)Nc1ccc(S(N)(=O)=O)c(F)c1. The zero-order chi connectivity index (χ0) is 15.6. The van der Waals surface area contributed by atoms with Crippen LogP contribution in [-0.4, -0.2) is 27.0 Å². The molecule has 21 heavy (non-hydrogen) atoms. The molecule has 6 nitrogen and oxygen atoms in total. The van der Waals surface area contributed by atoms with Crippen molar-refractivity contribution in [1.29, 1.82) is 0 Å². The number of carbonyl (C=O) groups excluding carboxylic acids is 1. The highest BCUT2D eigenvalue weighted by molar-refractivity contribution is 7.89. The third-order valence-corrected chi connectivity index (χ3v) is 4.40. The van der Waals surface area contributed by atoms with Crippen LogP contribution < -0.4 is 10.5 Å². The van der Waals surface area contributed by atoms with Gasteiger partial charge < -0.3 is 10.1 Å². The van der Waals surface area contributed by atoms with Crippen LogP contribution in [0, 0.1) is 11.7 Å². The topological polar surface area (TPSA) is 98.5 Å². The summed E-state index contributed by atoms with van der Waals surface area (Å²) in [6.07, 6.45) is 1.19. The van der Waals surface area contributed by atoms with Gasteiger partial charge in [0.1, 0.15) is 10.7 Å². The van der Waals surface area contributed by atoms with Crippen molar-refractivity contribution in [3.05, 3.63) is 24.0 Å². The lowest BCUT2D eigenvalue weighted by atomic mass is 9.98. The standard InChI is InChI=1S/C13H17FN2O4S/c1-2-11-9(5-6-20-11)13(17)16-8-3-4-12(10(14)7-8)21(15,18)19/h3-4,7,9,11H,2,5-6H2,1H3,(H,16,17)(H2,15,18,19). The quantitative estimate of drug-likeness (QED) is 0.872. The first-order valence-corrected chi connectivity index (χ1v) is 8.12. The molecule has 116 valence electrons. The van der Waals surface area contributed by atoms with E-state index in [1.165, 1.54) is 6.07 Å². The number of nitrogens with one attached hydrogen (secondary N) is 1. The Bertz CT molecular complexity index is 648. The number of halogens is 1. The molecule has 1 aliphatic rings. The molecule has 0 bridgehead atoms. The predicted octanol–water partition coefficient (Wildman–Crippen LogP) is 1.23. The summed E-state index contributed by atoms with van der Waals surface area (Å²) >= 11 is 0. The van der Waals surface area contributed by atoms with Gasteiger partial charge in [0.25, 0.3) is 0 Å². The summed E-state index contributed by atoms with van der Waals surface area (Å²) in [7, 11) is -4.11. The van der Waals surface area contributed by atoms with Gasteiger partial charge >= 0.3 is 0 Å². The number of amides is 1. The molecule has 1 aromatic rings. The number of anilines is 1. The smallest absolute Gasteiger partial charge is 0.240 e.